The van der Waals surface area contributed by atoms with Crippen molar-refractivity contribution in [2.24, 2.45) is 0 Å². The average molecular weight is 339 g/mol. The first kappa shape index (κ1) is 16.2. The van der Waals surface area contributed by atoms with Crippen LogP contribution in [0.15, 0.2) is 60.0 Å². The fourth-order valence-corrected chi connectivity index (χ4v) is 3.00. The van der Waals surface area contributed by atoms with Gasteiger partial charge in [0.2, 0.25) is 0 Å². The van der Waals surface area contributed by atoms with E-state index in [0.29, 0.717) is 17.5 Å². The summed E-state index contributed by atoms with van der Waals surface area (Å²) in [6.45, 7) is 0.657. The highest BCUT2D eigenvalue weighted by molar-refractivity contribution is 7.99. The summed E-state index contributed by atoms with van der Waals surface area (Å²) in [7, 11) is 0. The van der Waals surface area contributed by atoms with E-state index in [1.807, 2.05) is 34.9 Å². The van der Waals surface area contributed by atoms with Crippen LogP contribution in [0.3, 0.4) is 0 Å². The molecule has 24 heavy (non-hydrogen) atoms. The smallest absolute Gasteiger partial charge is 0.191 e. The molecule has 1 aromatic carbocycles. The van der Waals surface area contributed by atoms with Gasteiger partial charge in [-0.15, -0.1) is 10.2 Å². The molecule has 0 aliphatic heterocycles. The van der Waals surface area contributed by atoms with Crippen molar-refractivity contribution in [3.8, 4) is 11.4 Å². The second-order valence-electron chi connectivity index (χ2n) is 5.09. The number of pyridine rings is 1. The lowest BCUT2D eigenvalue weighted by molar-refractivity contribution is -0.301. The number of nitrogens with zero attached hydrogens (tertiary/aromatic N) is 4. The van der Waals surface area contributed by atoms with Crippen LogP contribution in [0.1, 0.15) is 5.56 Å². The summed E-state index contributed by atoms with van der Waals surface area (Å²) >= 11 is 1.12. The molecule has 0 atom stereocenters. The monoisotopic (exact) mass is 339 g/mol. The van der Waals surface area contributed by atoms with Crippen LogP contribution in [0.5, 0.6) is 0 Å². The minimum atomic E-state index is -1.12. The molecule has 0 saturated carbocycles. The van der Waals surface area contributed by atoms with E-state index in [1.165, 1.54) is 5.56 Å². The standard InChI is InChI=1S/C17H16N4O2S/c22-15(23)12-24-17-20-19-16(14-6-9-18-10-7-14)21(17)11-8-13-4-2-1-3-5-13/h1-7,9-10H,8,11-12H2,(H,22,23)/p-1. The fraction of sp³-hybridized carbons (Fsp3) is 0.176. The highest BCUT2D eigenvalue weighted by Crippen LogP contribution is 2.24. The minimum Gasteiger partial charge on any atom is -0.549 e. The maximum Gasteiger partial charge on any atom is 0.191 e. The summed E-state index contributed by atoms with van der Waals surface area (Å²) in [5.41, 5.74) is 2.09. The molecule has 0 aliphatic rings. The van der Waals surface area contributed by atoms with Gasteiger partial charge < -0.3 is 14.5 Å². The van der Waals surface area contributed by atoms with Crippen molar-refractivity contribution in [3.05, 3.63) is 60.4 Å². The van der Waals surface area contributed by atoms with E-state index in [9.17, 15) is 9.90 Å². The topological polar surface area (TPSA) is 83.7 Å². The maximum absolute atomic E-state index is 10.7. The van der Waals surface area contributed by atoms with Gasteiger partial charge in [-0.25, -0.2) is 0 Å². The average Bonchev–Trinajstić information content (AvgIpc) is 3.02. The van der Waals surface area contributed by atoms with Crippen molar-refractivity contribution < 1.29 is 9.90 Å². The molecular weight excluding hydrogens is 324 g/mol. The van der Waals surface area contributed by atoms with Crippen LogP contribution in [0, 0.1) is 0 Å². The molecule has 6 nitrogen and oxygen atoms in total. The molecule has 0 unspecified atom stereocenters. The summed E-state index contributed by atoms with van der Waals surface area (Å²) in [6, 6.07) is 13.8. The van der Waals surface area contributed by atoms with E-state index in [4.69, 9.17) is 0 Å². The molecule has 0 saturated heterocycles. The van der Waals surface area contributed by atoms with E-state index >= 15 is 0 Å². The Morgan fingerprint density at radius 2 is 1.83 bits per heavy atom. The number of rotatable bonds is 7. The Labute approximate surface area is 143 Å². The molecule has 0 spiro atoms. The number of carboxylic acid groups (broad SMARTS) is 1. The van der Waals surface area contributed by atoms with Crippen molar-refractivity contribution in [1.82, 2.24) is 19.7 Å². The zero-order valence-electron chi connectivity index (χ0n) is 12.8. The van der Waals surface area contributed by atoms with E-state index in [0.717, 1.165) is 23.7 Å². The normalized spacial score (nSPS) is 10.7. The van der Waals surface area contributed by atoms with Crippen molar-refractivity contribution in [3.63, 3.8) is 0 Å². The molecule has 2 heterocycles. The second kappa shape index (κ2) is 7.74. The summed E-state index contributed by atoms with van der Waals surface area (Å²) < 4.78 is 1.94. The van der Waals surface area contributed by atoms with Crippen LogP contribution in [0.25, 0.3) is 11.4 Å². The van der Waals surface area contributed by atoms with Gasteiger partial charge in [-0.2, -0.15) is 0 Å². The van der Waals surface area contributed by atoms with Crippen LogP contribution in [-0.2, 0) is 17.8 Å². The zero-order valence-corrected chi connectivity index (χ0v) is 13.6. The van der Waals surface area contributed by atoms with Crippen LogP contribution in [0.2, 0.25) is 0 Å². The summed E-state index contributed by atoms with van der Waals surface area (Å²) in [4.78, 5) is 14.8. The Kier molecular flexibility index (Phi) is 5.22. The molecule has 3 aromatic rings. The third-order valence-electron chi connectivity index (χ3n) is 3.44. The predicted molar refractivity (Wildman–Crippen MR) is 89.1 cm³/mol. The van der Waals surface area contributed by atoms with Gasteiger partial charge in [0.1, 0.15) is 0 Å². The Morgan fingerprint density at radius 3 is 2.54 bits per heavy atom. The van der Waals surface area contributed by atoms with Gasteiger partial charge in [0, 0.05) is 30.3 Å². The molecule has 7 heteroatoms. The molecule has 0 radical (unpaired) electrons. The largest absolute Gasteiger partial charge is 0.549 e. The van der Waals surface area contributed by atoms with Crippen molar-refractivity contribution in [2.75, 3.05) is 5.75 Å². The van der Waals surface area contributed by atoms with Crippen molar-refractivity contribution in [1.29, 1.82) is 0 Å². The third-order valence-corrected chi connectivity index (χ3v) is 4.38. The highest BCUT2D eigenvalue weighted by atomic mass is 32.2. The van der Waals surface area contributed by atoms with Gasteiger partial charge in [-0.3, -0.25) is 4.98 Å². The van der Waals surface area contributed by atoms with Crippen LogP contribution in [0.4, 0.5) is 0 Å². The lowest BCUT2D eigenvalue weighted by Crippen LogP contribution is -2.24. The number of aryl methyl sites for hydroxylation is 1. The molecule has 122 valence electrons. The van der Waals surface area contributed by atoms with Gasteiger partial charge >= 0.3 is 0 Å². The first-order valence-corrected chi connectivity index (χ1v) is 8.43. The number of hydrogen-bond acceptors (Lipinski definition) is 6. The van der Waals surface area contributed by atoms with Gasteiger partial charge in [-0.05, 0) is 24.1 Å². The van der Waals surface area contributed by atoms with Gasteiger partial charge in [0.25, 0.3) is 0 Å². The number of hydrogen-bond donors (Lipinski definition) is 0. The lowest BCUT2D eigenvalue weighted by Gasteiger charge is -2.10. The van der Waals surface area contributed by atoms with Crippen molar-refractivity contribution >= 4 is 17.7 Å². The van der Waals surface area contributed by atoms with E-state index in [-0.39, 0.29) is 5.75 Å². The molecule has 0 aliphatic carbocycles. The lowest BCUT2D eigenvalue weighted by atomic mass is 10.1. The van der Waals surface area contributed by atoms with E-state index in [1.54, 1.807) is 12.4 Å². The first-order chi connectivity index (χ1) is 11.7. The SMILES string of the molecule is O=C([O-])CSc1nnc(-c2ccncc2)n1CCc1ccccc1. The summed E-state index contributed by atoms with van der Waals surface area (Å²) in [6.07, 6.45) is 4.19. The van der Waals surface area contributed by atoms with E-state index in [2.05, 4.69) is 27.3 Å². The van der Waals surface area contributed by atoms with E-state index < -0.39 is 5.97 Å². The number of carbonyl (C=O) groups excluding carboxylic acids is 1. The quantitative estimate of drug-likeness (QED) is 0.606. The number of thioether (sulfide) groups is 1. The molecule has 0 fully saturated rings. The maximum atomic E-state index is 10.7. The molecule has 0 amide bonds. The first-order valence-electron chi connectivity index (χ1n) is 7.44. The number of aliphatic carboxylic acids is 1. The van der Waals surface area contributed by atoms with Gasteiger partial charge in [0.05, 0.1) is 5.97 Å². The molecule has 3 rings (SSSR count). The Balaban J connectivity index is 1.87. The van der Waals surface area contributed by atoms with Crippen LogP contribution in [-0.4, -0.2) is 31.5 Å². The number of benzene rings is 1. The third kappa shape index (κ3) is 3.99. The fourth-order valence-electron chi connectivity index (χ4n) is 2.32. The summed E-state index contributed by atoms with van der Waals surface area (Å²) in [5.74, 6) is -0.572. The summed E-state index contributed by atoms with van der Waals surface area (Å²) in [5, 5.41) is 19.7. The number of carbonyl (C=O) groups is 1. The predicted octanol–water partition coefficient (Wildman–Crippen LogP) is 1.42. The molecule has 0 N–H and O–H groups in total. The van der Waals surface area contributed by atoms with Gasteiger partial charge in [0.15, 0.2) is 11.0 Å². The van der Waals surface area contributed by atoms with Crippen molar-refractivity contribution in [2.45, 2.75) is 18.1 Å². The highest BCUT2D eigenvalue weighted by Gasteiger charge is 2.14. The van der Waals surface area contributed by atoms with Crippen LogP contribution >= 0.6 is 11.8 Å². The minimum absolute atomic E-state index is 0.153. The van der Waals surface area contributed by atoms with Crippen LogP contribution < -0.4 is 5.11 Å². The second-order valence-corrected chi connectivity index (χ2v) is 6.03. The Bertz CT molecular complexity index is 806. The Hall–Kier alpha value is -2.67. The number of aromatic nitrogens is 4. The Morgan fingerprint density at radius 1 is 1.08 bits per heavy atom. The van der Waals surface area contributed by atoms with Gasteiger partial charge in [-0.1, -0.05) is 42.1 Å². The molecule has 2 aromatic heterocycles. The zero-order chi connectivity index (χ0) is 16.8. The number of carboxylic acids is 1. The molecule has 0 bridgehead atoms. The molecular formula is C17H15N4O2S-.